The number of hydrogen-bond donors (Lipinski definition) is 0. The van der Waals surface area contributed by atoms with E-state index in [0.717, 1.165) is 51.6 Å². The van der Waals surface area contributed by atoms with Crippen molar-refractivity contribution in [3.05, 3.63) is 24.3 Å². The number of imide groups is 1. The molecule has 0 aliphatic carbocycles. The molecule has 53 heavy (non-hydrogen) atoms. The maximum Gasteiger partial charge on any atom is 0.261 e. The monoisotopic (exact) mass is 744 g/mol. The van der Waals surface area contributed by atoms with E-state index in [1.54, 1.807) is 0 Å². The van der Waals surface area contributed by atoms with Crippen LogP contribution in [0.15, 0.2) is 24.3 Å². The van der Waals surface area contributed by atoms with E-state index in [0.29, 0.717) is 13.1 Å². The lowest BCUT2D eigenvalue weighted by Crippen LogP contribution is -2.43. The summed E-state index contributed by atoms with van der Waals surface area (Å²) in [5.41, 5.74) is 0. The second-order valence-corrected chi connectivity index (χ2v) is 16.6. The lowest BCUT2D eigenvalue weighted by molar-refractivity contribution is -0.199. The van der Waals surface area contributed by atoms with Gasteiger partial charge in [0.05, 0.1) is 0 Å². The molecule has 0 bridgehead atoms. The van der Waals surface area contributed by atoms with Crippen molar-refractivity contribution in [3.63, 3.8) is 0 Å². The zero-order chi connectivity index (χ0) is 38.4. The van der Waals surface area contributed by atoms with E-state index in [1.807, 2.05) is 7.05 Å². The minimum Gasteiger partial charge on any atom is -0.333 e. The Morgan fingerprint density at radius 2 is 0.868 bits per heavy atom. The van der Waals surface area contributed by atoms with Crippen molar-refractivity contribution in [2.45, 2.75) is 212 Å². The van der Waals surface area contributed by atoms with Gasteiger partial charge < -0.3 is 19.3 Å². The lowest BCUT2D eigenvalue weighted by atomic mass is 9.98. The quantitative estimate of drug-likeness (QED) is 0.0362. The van der Waals surface area contributed by atoms with Gasteiger partial charge in [-0.15, -0.1) is 0 Å². The molecule has 2 atom stereocenters. The Morgan fingerprint density at radius 3 is 1.25 bits per heavy atom. The van der Waals surface area contributed by atoms with Crippen LogP contribution in [0.4, 0.5) is 0 Å². The normalized spacial score (nSPS) is 18.7. The number of likely N-dealkylation sites (N-methyl/N-ethyl adjacent to an activating group) is 2. The molecule has 308 valence electrons. The van der Waals surface area contributed by atoms with Gasteiger partial charge in [0.2, 0.25) is 0 Å². The highest BCUT2D eigenvalue weighted by Crippen LogP contribution is 2.41. The third-order valence-corrected chi connectivity index (χ3v) is 11.3. The Bertz CT molecular complexity index is 916. The number of unbranched alkanes of at least 4 members (excludes halogenated alkanes) is 22. The molecule has 0 radical (unpaired) electrons. The second kappa shape index (κ2) is 30.7. The predicted octanol–water partition coefficient (Wildman–Crippen LogP) is 11.4. The van der Waals surface area contributed by atoms with E-state index in [9.17, 15) is 9.59 Å². The topological polar surface area (TPSA) is 62.3 Å². The number of amides is 2. The molecule has 0 saturated carbocycles. The smallest absolute Gasteiger partial charge is 0.261 e. The molecule has 0 aromatic heterocycles. The van der Waals surface area contributed by atoms with Gasteiger partial charge in [0.25, 0.3) is 11.8 Å². The maximum absolute atomic E-state index is 13.5. The van der Waals surface area contributed by atoms with Crippen molar-refractivity contribution >= 4 is 11.8 Å². The van der Waals surface area contributed by atoms with Gasteiger partial charge in [-0.1, -0.05) is 141 Å². The summed E-state index contributed by atoms with van der Waals surface area (Å²) >= 11 is 0. The Hall–Kier alpha value is -1.54. The number of nitrogens with zero attached hydrogens (tertiary/aromatic N) is 3. The SMILES string of the molecule is CCCCCCC/C=C\CCCCCCCCC1(CCCCCCCC/C=C\CCCCCCC)OC2C(=O)N(CCN(C)CCN(C)C)C(=O)C2O1. The van der Waals surface area contributed by atoms with Gasteiger partial charge in [0.1, 0.15) is 0 Å². The molecule has 2 rings (SSSR count). The molecule has 2 aliphatic heterocycles. The number of likely N-dealkylation sites (tertiary alicyclic amines) is 1. The predicted molar refractivity (Wildman–Crippen MR) is 224 cm³/mol. The van der Waals surface area contributed by atoms with Crippen LogP contribution in [0.5, 0.6) is 0 Å². The van der Waals surface area contributed by atoms with Crippen LogP contribution >= 0.6 is 0 Å². The maximum atomic E-state index is 13.5. The molecule has 7 nitrogen and oxygen atoms in total. The first-order chi connectivity index (χ1) is 25.8. The van der Waals surface area contributed by atoms with Gasteiger partial charge in [0, 0.05) is 39.0 Å². The van der Waals surface area contributed by atoms with E-state index >= 15 is 0 Å². The van der Waals surface area contributed by atoms with Gasteiger partial charge in [-0.05, 0) is 85.4 Å². The standard InChI is InChI=1S/C46H85N3O4/c1-6-8-10-12-14-16-18-20-22-24-26-28-30-32-34-36-46(37-35-33-31-29-27-25-23-21-19-17-15-13-11-9-7-2)52-42-43(53-46)45(51)49(44(42)50)41-40-48(5)39-38-47(3)4/h18-21,42-43H,6-17,22-41H2,1-5H3/b20-18-,21-19-. The first-order valence-corrected chi connectivity index (χ1v) is 22.7. The number of hydrogen-bond acceptors (Lipinski definition) is 6. The van der Waals surface area contributed by atoms with Crippen LogP contribution in [0.3, 0.4) is 0 Å². The fourth-order valence-corrected chi connectivity index (χ4v) is 7.65. The Labute approximate surface area is 328 Å². The third kappa shape index (κ3) is 21.4. The molecule has 2 aliphatic rings. The highest BCUT2D eigenvalue weighted by molar-refractivity contribution is 6.08. The minimum absolute atomic E-state index is 0.209. The minimum atomic E-state index is -0.808. The number of rotatable bonds is 36. The van der Waals surface area contributed by atoms with Gasteiger partial charge >= 0.3 is 0 Å². The van der Waals surface area contributed by atoms with Crippen molar-refractivity contribution in [2.24, 2.45) is 0 Å². The van der Waals surface area contributed by atoms with Crippen LogP contribution < -0.4 is 0 Å². The number of ether oxygens (including phenoxy) is 2. The van der Waals surface area contributed by atoms with E-state index in [2.05, 4.69) is 62.0 Å². The van der Waals surface area contributed by atoms with Crippen LogP contribution in [-0.4, -0.2) is 91.8 Å². The van der Waals surface area contributed by atoms with E-state index < -0.39 is 18.0 Å². The molecule has 7 heteroatoms. The summed E-state index contributed by atoms with van der Waals surface area (Å²) in [5.74, 6) is -1.23. The molecular formula is C46H85N3O4. The van der Waals surface area contributed by atoms with E-state index in [-0.39, 0.29) is 11.8 Å². The lowest BCUT2D eigenvalue weighted by Gasteiger charge is -2.30. The van der Waals surface area contributed by atoms with Crippen LogP contribution in [0.1, 0.15) is 194 Å². The number of carbonyl (C=O) groups excluding carboxylic acids is 2. The molecule has 2 heterocycles. The molecule has 0 aromatic carbocycles. The average Bonchev–Trinajstić information content (AvgIpc) is 3.62. The summed E-state index contributed by atoms with van der Waals surface area (Å²) in [4.78, 5) is 32.6. The Kier molecular flexibility index (Phi) is 27.5. The zero-order valence-corrected chi connectivity index (χ0v) is 35.6. The zero-order valence-electron chi connectivity index (χ0n) is 35.6. The van der Waals surface area contributed by atoms with Crippen molar-refractivity contribution in [3.8, 4) is 0 Å². The van der Waals surface area contributed by atoms with Gasteiger partial charge in [-0.3, -0.25) is 14.5 Å². The summed E-state index contributed by atoms with van der Waals surface area (Å²) in [7, 11) is 6.14. The molecule has 0 N–H and O–H groups in total. The van der Waals surface area contributed by atoms with Crippen molar-refractivity contribution < 1.29 is 19.1 Å². The summed E-state index contributed by atoms with van der Waals surface area (Å²) in [6.45, 7) is 7.41. The first kappa shape index (κ1) is 47.6. The van der Waals surface area contributed by atoms with Crippen LogP contribution in [0, 0.1) is 0 Å². The Balaban J connectivity index is 1.73. The highest BCUT2D eigenvalue weighted by Gasteiger charge is 2.59. The summed E-state index contributed by atoms with van der Waals surface area (Å²) < 4.78 is 13.1. The van der Waals surface area contributed by atoms with Gasteiger partial charge in [-0.2, -0.15) is 0 Å². The summed E-state index contributed by atoms with van der Waals surface area (Å²) in [6.07, 6.45) is 42.2. The van der Waals surface area contributed by atoms with Gasteiger partial charge in [-0.25, -0.2) is 0 Å². The van der Waals surface area contributed by atoms with Crippen molar-refractivity contribution in [1.29, 1.82) is 0 Å². The van der Waals surface area contributed by atoms with Crippen molar-refractivity contribution in [2.75, 3.05) is 47.3 Å². The first-order valence-electron chi connectivity index (χ1n) is 22.7. The number of carbonyl (C=O) groups is 2. The Morgan fingerprint density at radius 1 is 0.509 bits per heavy atom. The molecule has 2 unspecified atom stereocenters. The number of allylic oxidation sites excluding steroid dienone is 4. The molecule has 2 amide bonds. The second-order valence-electron chi connectivity index (χ2n) is 16.6. The average molecular weight is 744 g/mol. The fraction of sp³-hybridized carbons (Fsp3) is 0.870. The summed E-state index contributed by atoms with van der Waals surface area (Å²) in [5, 5.41) is 0. The third-order valence-electron chi connectivity index (χ3n) is 11.3. The summed E-state index contributed by atoms with van der Waals surface area (Å²) in [6, 6.07) is 0. The molecular weight excluding hydrogens is 659 g/mol. The van der Waals surface area contributed by atoms with E-state index in [1.165, 1.54) is 146 Å². The number of fused-ring (bicyclic) bond motifs is 1. The molecule has 0 spiro atoms. The highest BCUT2D eigenvalue weighted by atomic mass is 16.8. The molecule has 0 aromatic rings. The largest absolute Gasteiger partial charge is 0.333 e. The van der Waals surface area contributed by atoms with Crippen molar-refractivity contribution in [1.82, 2.24) is 14.7 Å². The van der Waals surface area contributed by atoms with Gasteiger partial charge in [0.15, 0.2) is 18.0 Å². The van der Waals surface area contributed by atoms with Crippen LogP contribution in [0.2, 0.25) is 0 Å². The van der Waals surface area contributed by atoms with Crippen LogP contribution in [0.25, 0.3) is 0 Å². The van der Waals surface area contributed by atoms with Crippen LogP contribution in [-0.2, 0) is 19.1 Å². The van der Waals surface area contributed by atoms with E-state index in [4.69, 9.17) is 9.47 Å². The molecule has 2 saturated heterocycles. The molecule has 2 fully saturated rings. The fourth-order valence-electron chi connectivity index (χ4n) is 7.65.